The first-order valence-corrected chi connectivity index (χ1v) is 5.99. The molecule has 0 atom stereocenters. The van der Waals surface area contributed by atoms with Crippen LogP contribution in [-0.2, 0) is 6.54 Å². The highest BCUT2D eigenvalue weighted by molar-refractivity contribution is 6.34. The Morgan fingerprint density at radius 3 is 2.89 bits per heavy atom. The molecule has 3 aromatic rings. The fourth-order valence-electron chi connectivity index (χ4n) is 1.89. The maximum Gasteiger partial charge on any atom is 0.153 e. The number of hydrogen-bond donors (Lipinski definition) is 1. The molecule has 4 heteroatoms. The quantitative estimate of drug-likeness (QED) is 0.764. The highest BCUT2D eigenvalue weighted by Crippen LogP contribution is 2.31. The van der Waals surface area contributed by atoms with E-state index in [1.807, 2.05) is 30.3 Å². The van der Waals surface area contributed by atoms with Crippen LogP contribution in [0.25, 0.3) is 22.4 Å². The van der Waals surface area contributed by atoms with Gasteiger partial charge < -0.3 is 10.2 Å². The Morgan fingerprint density at radius 2 is 2.11 bits per heavy atom. The Morgan fingerprint density at radius 1 is 1.22 bits per heavy atom. The van der Waals surface area contributed by atoms with Crippen molar-refractivity contribution in [3.63, 3.8) is 0 Å². The molecule has 0 spiro atoms. The SMILES string of the molecule is NCc1ccnc(-c2cc3cccc(Cl)c3o2)c1. The number of aromatic nitrogens is 1. The predicted octanol–water partition coefficient (Wildman–Crippen LogP) is 3.61. The van der Waals surface area contributed by atoms with Crippen LogP contribution in [0.15, 0.2) is 47.0 Å². The molecule has 0 radical (unpaired) electrons. The number of nitrogens with two attached hydrogens (primary N) is 1. The molecule has 3 rings (SSSR count). The molecular weight excluding hydrogens is 248 g/mol. The summed E-state index contributed by atoms with van der Waals surface area (Å²) in [5.41, 5.74) is 8.09. The zero-order valence-electron chi connectivity index (χ0n) is 9.56. The van der Waals surface area contributed by atoms with Crippen LogP contribution in [0.1, 0.15) is 5.56 Å². The summed E-state index contributed by atoms with van der Waals surface area (Å²) in [4.78, 5) is 4.29. The third kappa shape index (κ3) is 1.88. The van der Waals surface area contributed by atoms with Crippen molar-refractivity contribution >= 4 is 22.6 Å². The van der Waals surface area contributed by atoms with E-state index in [2.05, 4.69) is 4.98 Å². The number of pyridine rings is 1. The molecule has 18 heavy (non-hydrogen) atoms. The molecule has 1 aromatic carbocycles. The first-order chi connectivity index (χ1) is 8.78. The molecule has 90 valence electrons. The lowest BCUT2D eigenvalue weighted by Gasteiger charge is -1.99. The van der Waals surface area contributed by atoms with Gasteiger partial charge in [0.25, 0.3) is 0 Å². The average Bonchev–Trinajstić information content (AvgIpc) is 2.84. The monoisotopic (exact) mass is 258 g/mol. The summed E-state index contributed by atoms with van der Waals surface area (Å²) in [6.45, 7) is 0.483. The number of fused-ring (bicyclic) bond motifs is 1. The van der Waals surface area contributed by atoms with E-state index in [1.54, 1.807) is 12.3 Å². The van der Waals surface area contributed by atoms with Gasteiger partial charge in [0.05, 0.1) is 5.02 Å². The van der Waals surface area contributed by atoms with Crippen molar-refractivity contribution in [2.75, 3.05) is 0 Å². The third-order valence-electron chi connectivity index (χ3n) is 2.81. The zero-order valence-corrected chi connectivity index (χ0v) is 10.3. The third-order valence-corrected chi connectivity index (χ3v) is 3.11. The number of nitrogens with zero attached hydrogens (tertiary/aromatic N) is 1. The van der Waals surface area contributed by atoms with E-state index >= 15 is 0 Å². The number of hydrogen-bond acceptors (Lipinski definition) is 3. The van der Waals surface area contributed by atoms with E-state index in [0.717, 1.165) is 16.6 Å². The van der Waals surface area contributed by atoms with Crippen LogP contribution in [0, 0.1) is 0 Å². The van der Waals surface area contributed by atoms with Crippen LogP contribution in [0.2, 0.25) is 5.02 Å². The van der Waals surface area contributed by atoms with Gasteiger partial charge in [-0.25, -0.2) is 0 Å². The molecule has 0 aliphatic heterocycles. The maximum absolute atomic E-state index is 6.08. The van der Waals surface area contributed by atoms with Gasteiger partial charge in [0.15, 0.2) is 11.3 Å². The number of para-hydroxylation sites is 1. The maximum atomic E-state index is 6.08. The molecular formula is C14H11ClN2O. The summed E-state index contributed by atoms with van der Waals surface area (Å²) in [6.07, 6.45) is 1.73. The smallest absolute Gasteiger partial charge is 0.153 e. The van der Waals surface area contributed by atoms with Crippen molar-refractivity contribution in [2.45, 2.75) is 6.54 Å². The molecule has 0 aliphatic rings. The number of halogens is 1. The molecule has 0 saturated heterocycles. The summed E-state index contributed by atoms with van der Waals surface area (Å²) in [5, 5.41) is 1.58. The van der Waals surface area contributed by atoms with Gasteiger partial charge in [0.2, 0.25) is 0 Å². The normalized spacial score (nSPS) is 11.0. The summed E-state index contributed by atoms with van der Waals surface area (Å²) in [6, 6.07) is 11.4. The van der Waals surface area contributed by atoms with Gasteiger partial charge in [-0.1, -0.05) is 23.7 Å². The Labute approximate surface area is 109 Å². The van der Waals surface area contributed by atoms with Crippen molar-refractivity contribution in [3.8, 4) is 11.5 Å². The van der Waals surface area contributed by atoms with Gasteiger partial charge >= 0.3 is 0 Å². The van der Waals surface area contributed by atoms with E-state index in [9.17, 15) is 0 Å². The van der Waals surface area contributed by atoms with E-state index in [1.165, 1.54) is 0 Å². The molecule has 2 heterocycles. The summed E-state index contributed by atoms with van der Waals surface area (Å²) in [7, 11) is 0. The second-order valence-electron chi connectivity index (χ2n) is 4.02. The van der Waals surface area contributed by atoms with Crippen molar-refractivity contribution in [2.24, 2.45) is 5.73 Å². The standard InChI is InChI=1S/C14H11ClN2O/c15-11-3-1-2-10-7-13(18-14(10)11)12-6-9(8-16)4-5-17-12/h1-7H,8,16H2. The summed E-state index contributed by atoms with van der Waals surface area (Å²) in [5.74, 6) is 0.702. The van der Waals surface area contributed by atoms with Crippen LogP contribution in [0.4, 0.5) is 0 Å². The second kappa shape index (κ2) is 4.44. The van der Waals surface area contributed by atoms with Gasteiger partial charge in [-0.05, 0) is 29.8 Å². The molecule has 0 unspecified atom stereocenters. The van der Waals surface area contributed by atoms with Gasteiger partial charge in [0, 0.05) is 18.1 Å². The Hall–Kier alpha value is -1.84. The van der Waals surface area contributed by atoms with Crippen LogP contribution in [0.5, 0.6) is 0 Å². The molecule has 0 bridgehead atoms. The molecule has 0 aliphatic carbocycles. The highest BCUT2D eigenvalue weighted by Gasteiger charge is 2.09. The Bertz CT molecular complexity index is 706. The molecule has 0 amide bonds. The van der Waals surface area contributed by atoms with Gasteiger partial charge in [-0.2, -0.15) is 0 Å². The summed E-state index contributed by atoms with van der Waals surface area (Å²) < 4.78 is 5.75. The van der Waals surface area contributed by atoms with Crippen molar-refractivity contribution in [1.29, 1.82) is 0 Å². The van der Waals surface area contributed by atoms with Crippen molar-refractivity contribution < 1.29 is 4.42 Å². The van der Waals surface area contributed by atoms with E-state index in [4.69, 9.17) is 21.8 Å². The first kappa shape index (κ1) is 11.3. The number of rotatable bonds is 2. The van der Waals surface area contributed by atoms with Crippen LogP contribution in [0.3, 0.4) is 0 Å². The second-order valence-corrected chi connectivity index (χ2v) is 4.43. The molecule has 0 fully saturated rings. The molecule has 2 N–H and O–H groups in total. The molecule has 2 aromatic heterocycles. The number of furan rings is 1. The van der Waals surface area contributed by atoms with Crippen LogP contribution < -0.4 is 5.73 Å². The molecule has 3 nitrogen and oxygen atoms in total. The summed E-state index contributed by atoms with van der Waals surface area (Å²) >= 11 is 6.08. The minimum Gasteiger partial charge on any atom is -0.453 e. The van der Waals surface area contributed by atoms with Crippen molar-refractivity contribution in [3.05, 3.63) is 53.2 Å². The fraction of sp³-hybridized carbons (Fsp3) is 0.0714. The average molecular weight is 259 g/mol. The van der Waals surface area contributed by atoms with E-state index in [0.29, 0.717) is 22.9 Å². The topological polar surface area (TPSA) is 52.0 Å². The number of benzene rings is 1. The van der Waals surface area contributed by atoms with E-state index in [-0.39, 0.29) is 0 Å². The zero-order chi connectivity index (χ0) is 12.5. The predicted molar refractivity (Wildman–Crippen MR) is 72.3 cm³/mol. The molecule has 0 saturated carbocycles. The fourth-order valence-corrected chi connectivity index (χ4v) is 2.11. The first-order valence-electron chi connectivity index (χ1n) is 5.61. The minimum absolute atomic E-state index is 0.483. The lowest BCUT2D eigenvalue weighted by Crippen LogP contribution is -1.96. The van der Waals surface area contributed by atoms with Crippen LogP contribution in [-0.4, -0.2) is 4.98 Å². The van der Waals surface area contributed by atoms with Crippen molar-refractivity contribution in [1.82, 2.24) is 4.98 Å². The van der Waals surface area contributed by atoms with Gasteiger partial charge in [0.1, 0.15) is 5.69 Å². The minimum atomic E-state index is 0.483. The lowest BCUT2D eigenvalue weighted by molar-refractivity contribution is 0.628. The van der Waals surface area contributed by atoms with Gasteiger partial charge in [-0.15, -0.1) is 0 Å². The van der Waals surface area contributed by atoms with Crippen LogP contribution >= 0.6 is 11.6 Å². The van der Waals surface area contributed by atoms with Gasteiger partial charge in [-0.3, -0.25) is 4.98 Å². The lowest BCUT2D eigenvalue weighted by atomic mass is 10.2. The largest absolute Gasteiger partial charge is 0.453 e. The Balaban J connectivity index is 2.16. The highest BCUT2D eigenvalue weighted by atomic mass is 35.5. The van der Waals surface area contributed by atoms with E-state index < -0.39 is 0 Å². The Kier molecular flexibility index (Phi) is 2.78.